The standard InChI is InChI=1S/C29H39NO5Si/c1-6-33-27(31)26(28(32)34-7-2)25-20-14-15-22(30-25)21-35-36(29(3,4)5,23-16-10-8-11-17-23)24-18-12-9-13-19-24/h8-13,16-19,22,30H,6-7,14-15,20-21H2,1-5H3. The molecule has 0 spiro atoms. The third-order valence-corrected chi connectivity index (χ3v) is 11.5. The summed E-state index contributed by atoms with van der Waals surface area (Å²) < 4.78 is 17.4. The molecule has 1 aliphatic rings. The second-order valence-electron chi connectivity index (χ2n) is 10.0. The number of esters is 2. The van der Waals surface area contributed by atoms with Crippen LogP contribution in [0.15, 0.2) is 71.9 Å². The Hall–Kier alpha value is -2.90. The van der Waals surface area contributed by atoms with E-state index in [4.69, 9.17) is 13.9 Å². The molecule has 6 nitrogen and oxygen atoms in total. The molecule has 2 aromatic carbocycles. The molecule has 1 atom stereocenters. The molecule has 194 valence electrons. The van der Waals surface area contributed by atoms with Crippen molar-refractivity contribution in [3.8, 4) is 0 Å². The van der Waals surface area contributed by atoms with Crippen LogP contribution in [0.4, 0.5) is 0 Å². The second kappa shape index (κ2) is 12.4. The van der Waals surface area contributed by atoms with E-state index in [2.05, 4.69) is 74.6 Å². The van der Waals surface area contributed by atoms with Crippen molar-refractivity contribution in [2.45, 2.75) is 65.0 Å². The summed E-state index contributed by atoms with van der Waals surface area (Å²) in [5.74, 6) is -1.29. The Morgan fingerprint density at radius 1 is 0.889 bits per heavy atom. The van der Waals surface area contributed by atoms with Gasteiger partial charge in [-0.05, 0) is 48.5 Å². The average molecular weight is 510 g/mol. The van der Waals surface area contributed by atoms with Gasteiger partial charge in [-0.3, -0.25) is 0 Å². The molecule has 0 saturated carbocycles. The van der Waals surface area contributed by atoms with E-state index >= 15 is 0 Å². The van der Waals surface area contributed by atoms with Crippen molar-refractivity contribution in [3.63, 3.8) is 0 Å². The third kappa shape index (κ3) is 6.07. The van der Waals surface area contributed by atoms with Crippen LogP contribution < -0.4 is 15.7 Å². The van der Waals surface area contributed by atoms with Gasteiger partial charge < -0.3 is 19.2 Å². The minimum atomic E-state index is -2.69. The first-order valence-electron chi connectivity index (χ1n) is 12.8. The lowest BCUT2D eigenvalue weighted by Gasteiger charge is -2.44. The van der Waals surface area contributed by atoms with Gasteiger partial charge in [0.15, 0.2) is 5.57 Å². The first-order chi connectivity index (χ1) is 17.2. The quantitative estimate of drug-likeness (QED) is 0.181. The van der Waals surface area contributed by atoms with Crippen LogP contribution >= 0.6 is 0 Å². The van der Waals surface area contributed by atoms with Crippen LogP contribution in [-0.2, 0) is 23.5 Å². The van der Waals surface area contributed by atoms with Gasteiger partial charge >= 0.3 is 11.9 Å². The van der Waals surface area contributed by atoms with Gasteiger partial charge in [0.1, 0.15) is 0 Å². The Morgan fingerprint density at radius 2 is 1.39 bits per heavy atom. The van der Waals surface area contributed by atoms with E-state index in [0.717, 1.165) is 12.8 Å². The Balaban J connectivity index is 1.95. The Morgan fingerprint density at radius 3 is 1.83 bits per heavy atom. The van der Waals surface area contributed by atoms with E-state index in [-0.39, 0.29) is 29.9 Å². The Bertz CT molecular complexity index is 987. The maximum atomic E-state index is 12.6. The topological polar surface area (TPSA) is 73.9 Å². The molecule has 0 amide bonds. The lowest BCUT2D eigenvalue weighted by Crippen LogP contribution is -2.67. The molecule has 1 heterocycles. The first kappa shape index (κ1) is 27.7. The van der Waals surface area contributed by atoms with Crippen LogP contribution in [0.2, 0.25) is 5.04 Å². The van der Waals surface area contributed by atoms with Gasteiger partial charge in [-0.2, -0.15) is 0 Å². The summed E-state index contributed by atoms with van der Waals surface area (Å²) in [4.78, 5) is 25.3. The number of nitrogens with one attached hydrogen (secondary N) is 1. The van der Waals surface area contributed by atoms with Crippen LogP contribution in [0.5, 0.6) is 0 Å². The highest BCUT2D eigenvalue weighted by Crippen LogP contribution is 2.37. The molecule has 1 fully saturated rings. The summed E-state index contributed by atoms with van der Waals surface area (Å²) in [6, 6.07) is 21.0. The van der Waals surface area contributed by atoms with Gasteiger partial charge in [0.25, 0.3) is 8.32 Å². The highest BCUT2D eigenvalue weighted by atomic mass is 28.4. The Kier molecular flexibility index (Phi) is 9.51. The largest absolute Gasteiger partial charge is 0.462 e. The fraction of sp³-hybridized carbons (Fsp3) is 0.448. The SMILES string of the molecule is CCOC(=O)C(C(=O)OCC)=C1CCCC(CO[Si](c2ccccc2)(c2ccccc2)C(C)(C)C)N1. The molecule has 0 aromatic heterocycles. The zero-order valence-electron chi connectivity index (χ0n) is 22.1. The molecule has 1 aliphatic heterocycles. The molecule has 36 heavy (non-hydrogen) atoms. The van der Waals surface area contributed by atoms with Crippen molar-refractivity contribution >= 4 is 30.6 Å². The Labute approximate surface area is 216 Å². The van der Waals surface area contributed by atoms with Crippen molar-refractivity contribution in [1.82, 2.24) is 5.32 Å². The number of hydrogen-bond acceptors (Lipinski definition) is 6. The van der Waals surface area contributed by atoms with Gasteiger partial charge in [0, 0.05) is 11.7 Å². The van der Waals surface area contributed by atoms with E-state index in [1.165, 1.54) is 10.4 Å². The van der Waals surface area contributed by atoms with E-state index < -0.39 is 20.3 Å². The minimum absolute atomic E-state index is 0.0335. The van der Waals surface area contributed by atoms with Crippen molar-refractivity contribution in [2.75, 3.05) is 19.8 Å². The molecule has 7 heteroatoms. The molecule has 0 radical (unpaired) electrons. The van der Waals surface area contributed by atoms with Crippen molar-refractivity contribution < 1.29 is 23.5 Å². The van der Waals surface area contributed by atoms with E-state index in [1.54, 1.807) is 13.8 Å². The van der Waals surface area contributed by atoms with Crippen LogP contribution in [-0.4, -0.2) is 46.1 Å². The lowest BCUT2D eigenvalue weighted by molar-refractivity contribution is -0.146. The van der Waals surface area contributed by atoms with Crippen molar-refractivity contribution in [3.05, 3.63) is 71.9 Å². The number of benzene rings is 2. The first-order valence-corrected chi connectivity index (χ1v) is 14.7. The molecule has 0 bridgehead atoms. The molecule has 1 unspecified atom stereocenters. The van der Waals surface area contributed by atoms with Gasteiger partial charge in [0.2, 0.25) is 0 Å². The number of ether oxygens (including phenoxy) is 2. The zero-order valence-corrected chi connectivity index (χ0v) is 23.1. The molecule has 2 aromatic rings. The number of carbonyl (C=O) groups is 2. The molecule has 1 saturated heterocycles. The van der Waals surface area contributed by atoms with Gasteiger partial charge in [-0.25, -0.2) is 9.59 Å². The number of hydrogen-bond donors (Lipinski definition) is 1. The minimum Gasteiger partial charge on any atom is -0.462 e. The van der Waals surface area contributed by atoms with Gasteiger partial charge in [-0.1, -0.05) is 81.4 Å². The summed E-state index contributed by atoms with van der Waals surface area (Å²) in [6.45, 7) is 11.0. The van der Waals surface area contributed by atoms with E-state index in [9.17, 15) is 9.59 Å². The molecule has 1 N–H and O–H groups in total. The normalized spacial score (nSPS) is 16.1. The fourth-order valence-electron chi connectivity index (χ4n) is 4.96. The maximum Gasteiger partial charge on any atom is 0.347 e. The monoisotopic (exact) mass is 509 g/mol. The van der Waals surface area contributed by atoms with Gasteiger partial charge in [-0.15, -0.1) is 0 Å². The lowest BCUT2D eigenvalue weighted by atomic mass is 9.99. The van der Waals surface area contributed by atoms with Crippen LogP contribution in [0.1, 0.15) is 53.9 Å². The molecule has 3 rings (SSSR count). The van der Waals surface area contributed by atoms with E-state index in [1.807, 2.05) is 12.1 Å². The number of rotatable bonds is 9. The smallest absolute Gasteiger partial charge is 0.347 e. The summed E-state index contributed by atoms with van der Waals surface area (Å²) in [5.41, 5.74) is 0.544. The van der Waals surface area contributed by atoms with Crippen LogP contribution in [0.25, 0.3) is 0 Å². The number of piperidine rings is 1. The zero-order chi connectivity index (χ0) is 26.2. The predicted molar refractivity (Wildman–Crippen MR) is 145 cm³/mol. The fourth-order valence-corrected chi connectivity index (χ4v) is 9.57. The predicted octanol–water partition coefficient (Wildman–Crippen LogP) is 4.09. The molecular weight excluding hydrogens is 470 g/mol. The molecular formula is C29H39NO5Si. The molecule has 0 aliphatic carbocycles. The number of carbonyl (C=O) groups excluding carboxylic acids is 2. The second-order valence-corrected chi connectivity index (χ2v) is 14.3. The number of allylic oxidation sites excluding steroid dienone is 1. The van der Waals surface area contributed by atoms with Gasteiger partial charge in [0.05, 0.1) is 19.8 Å². The van der Waals surface area contributed by atoms with Crippen LogP contribution in [0, 0.1) is 0 Å². The summed E-state index contributed by atoms with van der Waals surface area (Å²) in [7, 11) is -2.69. The maximum absolute atomic E-state index is 12.6. The average Bonchev–Trinajstić information content (AvgIpc) is 2.86. The summed E-state index contributed by atoms with van der Waals surface area (Å²) >= 11 is 0. The van der Waals surface area contributed by atoms with E-state index in [0.29, 0.717) is 18.7 Å². The highest BCUT2D eigenvalue weighted by Gasteiger charge is 2.50. The highest BCUT2D eigenvalue weighted by molar-refractivity contribution is 6.99. The summed E-state index contributed by atoms with van der Waals surface area (Å²) in [6.07, 6.45) is 2.29. The third-order valence-electron chi connectivity index (χ3n) is 6.54. The van der Waals surface area contributed by atoms with Crippen LogP contribution in [0.3, 0.4) is 0 Å². The van der Waals surface area contributed by atoms with Crippen molar-refractivity contribution in [2.24, 2.45) is 0 Å². The summed E-state index contributed by atoms with van der Waals surface area (Å²) in [5, 5.41) is 5.73. The van der Waals surface area contributed by atoms with Crippen molar-refractivity contribution in [1.29, 1.82) is 0 Å².